The molecule has 4 aliphatic rings. The van der Waals surface area contributed by atoms with E-state index in [1.807, 2.05) is 6.20 Å². The number of pyridine rings is 1. The molecule has 0 aromatic carbocycles. The van der Waals surface area contributed by atoms with E-state index in [4.69, 9.17) is 4.74 Å². The lowest BCUT2D eigenvalue weighted by Gasteiger charge is -2.61. The first-order valence-corrected chi connectivity index (χ1v) is 7.78. The predicted octanol–water partition coefficient (Wildman–Crippen LogP) is 3.71. The molecular formula is C17H23NO. The highest BCUT2D eigenvalue weighted by Gasteiger charge is 2.58. The zero-order valence-electron chi connectivity index (χ0n) is 11.8. The Morgan fingerprint density at radius 3 is 2.68 bits per heavy atom. The van der Waals surface area contributed by atoms with Crippen molar-refractivity contribution in [3.8, 4) is 0 Å². The molecule has 4 aliphatic carbocycles. The highest BCUT2D eigenvalue weighted by Crippen LogP contribution is 2.63. The van der Waals surface area contributed by atoms with Gasteiger partial charge in [-0.1, -0.05) is 6.07 Å². The third kappa shape index (κ3) is 1.76. The summed E-state index contributed by atoms with van der Waals surface area (Å²) in [6.07, 6.45) is 12.0. The van der Waals surface area contributed by atoms with E-state index in [1.54, 1.807) is 0 Å². The van der Waals surface area contributed by atoms with Crippen LogP contribution < -0.4 is 0 Å². The molecule has 0 N–H and O–H groups in total. The van der Waals surface area contributed by atoms with E-state index < -0.39 is 0 Å². The van der Waals surface area contributed by atoms with Crippen molar-refractivity contribution in [3.05, 3.63) is 30.1 Å². The van der Waals surface area contributed by atoms with Crippen LogP contribution >= 0.6 is 0 Å². The number of hydrogen-bond acceptors (Lipinski definition) is 2. The summed E-state index contributed by atoms with van der Waals surface area (Å²) in [5.74, 6) is 1.76. The Morgan fingerprint density at radius 1 is 1.26 bits per heavy atom. The largest absolute Gasteiger partial charge is 0.375 e. The van der Waals surface area contributed by atoms with Gasteiger partial charge in [0.25, 0.3) is 0 Å². The summed E-state index contributed by atoms with van der Waals surface area (Å²) in [5, 5.41) is 0. The van der Waals surface area contributed by atoms with Crippen LogP contribution in [-0.2, 0) is 10.2 Å². The molecule has 1 aromatic heterocycles. The van der Waals surface area contributed by atoms with E-state index in [-0.39, 0.29) is 5.60 Å². The summed E-state index contributed by atoms with van der Waals surface area (Å²) < 4.78 is 6.27. The van der Waals surface area contributed by atoms with E-state index >= 15 is 0 Å². The molecule has 1 aromatic rings. The average molecular weight is 257 g/mol. The van der Waals surface area contributed by atoms with Crippen LogP contribution in [0.1, 0.15) is 51.0 Å². The second-order valence-electron chi connectivity index (χ2n) is 7.10. The van der Waals surface area contributed by atoms with Gasteiger partial charge in [-0.25, -0.2) is 0 Å². The Morgan fingerprint density at radius 2 is 2.05 bits per heavy atom. The van der Waals surface area contributed by atoms with Crippen molar-refractivity contribution in [3.63, 3.8) is 0 Å². The molecule has 2 unspecified atom stereocenters. The van der Waals surface area contributed by atoms with Gasteiger partial charge in [0.15, 0.2) is 0 Å². The summed E-state index contributed by atoms with van der Waals surface area (Å²) in [4.78, 5) is 4.37. The van der Waals surface area contributed by atoms with Crippen LogP contribution in [0.25, 0.3) is 0 Å². The minimum absolute atomic E-state index is 0.189. The van der Waals surface area contributed by atoms with Crippen molar-refractivity contribution in [2.75, 3.05) is 6.61 Å². The lowest BCUT2D eigenvalue weighted by atomic mass is 9.46. The minimum atomic E-state index is 0.189. The van der Waals surface area contributed by atoms with Gasteiger partial charge in [-0.05, 0) is 68.9 Å². The molecule has 19 heavy (non-hydrogen) atoms. The maximum Gasteiger partial charge on any atom is 0.0696 e. The van der Waals surface area contributed by atoms with Crippen molar-refractivity contribution >= 4 is 0 Å². The van der Waals surface area contributed by atoms with E-state index in [2.05, 4.69) is 30.2 Å². The number of rotatable bonds is 3. The molecule has 0 aliphatic heterocycles. The van der Waals surface area contributed by atoms with E-state index in [0.29, 0.717) is 5.41 Å². The second-order valence-corrected chi connectivity index (χ2v) is 7.10. The Hall–Kier alpha value is -0.890. The number of aromatic nitrogens is 1. The molecule has 2 heteroatoms. The quantitative estimate of drug-likeness (QED) is 0.823. The summed E-state index contributed by atoms with van der Waals surface area (Å²) in [7, 11) is 0. The van der Waals surface area contributed by atoms with Gasteiger partial charge < -0.3 is 4.74 Å². The molecule has 1 heterocycles. The van der Waals surface area contributed by atoms with E-state index in [1.165, 1.54) is 44.1 Å². The number of ether oxygens (including phenoxy) is 1. The first-order chi connectivity index (χ1) is 9.24. The molecule has 0 amide bonds. The highest BCUT2D eigenvalue weighted by atomic mass is 16.5. The van der Waals surface area contributed by atoms with Gasteiger partial charge in [0.2, 0.25) is 0 Å². The summed E-state index contributed by atoms with van der Waals surface area (Å²) in [6.45, 7) is 3.01. The first kappa shape index (κ1) is 11.9. The molecule has 0 saturated heterocycles. The lowest BCUT2D eigenvalue weighted by Crippen LogP contribution is -2.58. The van der Waals surface area contributed by atoms with Crippen molar-refractivity contribution in [1.82, 2.24) is 4.98 Å². The fourth-order valence-electron chi connectivity index (χ4n) is 5.67. The molecule has 5 rings (SSSR count). The van der Waals surface area contributed by atoms with Crippen molar-refractivity contribution in [2.24, 2.45) is 11.8 Å². The molecule has 2 atom stereocenters. The Balaban J connectivity index is 1.74. The normalized spacial score (nSPS) is 43.6. The van der Waals surface area contributed by atoms with Crippen LogP contribution in [0.2, 0.25) is 0 Å². The third-order valence-electron chi connectivity index (χ3n) is 5.73. The van der Waals surface area contributed by atoms with Gasteiger partial charge >= 0.3 is 0 Å². The number of nitrogens with zero attached hydrogens (tertiary/aromatic N) is 1. The zero-order valence-corrected chi connectivity index (χ0v) is 11.8. The summed E-state index contributed by atoms with van der Waals surface area (Å²) in [6, 6.07) is 4.39. The Labute approximate surface area is 115 Å². The van der Waals surface area contributed by atoms with Gasteiger partial charge in [-0.3, -0.25) is 4.98 Å². The molecule has 4 saturated carbocycles. The first-order valence-electron chi connectivity index (χ1n) is 7.78. The molecule has 4 bridgehead atoms. The van der Waals surface area contributed by atoms with E-state index in [0.717, 1.165) is 18.4 Å². The van der Waals surface area contributed by atoms with Crippen LogP contribution in [0, 0.1) is 11.8 Å². The Kier molecular flexibility index (Phi) is 2.54. The second kappa shape index (κ2) is 4.05. The third-order valence-corrected chi connectivity index (χ3v) is 5.73. The average Bonchev–Trinajstić information content (AvgIpc) is 2.38. The summed E-state index contributed by atoms with van der Waals surface area (Å²) in [5.41, 5.74) is 2.02. The van der Waals surface area contributed by atoms with Crippen LogP contribution in [-0.4, -0.2) is 17.2 Å². The molecular weight excluding hydrogens is 234 g/mol. The van der Waals surface area contributed by atoms with Crippen molar-refractivity contribution < 1.29 is 4.74 Å². The van der Waals surface area contributed by atoms with Gasteiger partial charge in [0, 0.05) is 24.4 Å². The minimum Gasteiger partial charge on any atom is -0.375 e. The van der Waals surface area contributed by atoms with Crippen LogP contribution in [0.15, 0.2) is 24.5 Å². The monoisotopic (exact) mass is 257 g/mol. The molecule has 102 valence electrons. The SMILES string of the molecule is CCOC12CC3CC(C1)CC(c1cccnc1)(C3)C2. The zero-order chi connectivity index (χ0) is 12.9. The van der Waals surface area contributed by atoms with E-state index in [9.17, 15) is 0 Å². The molecule has 0 radical (unpaired) electrons. The fourth-order valence-corrected chi connectivity index (χ4v) is 5.67. The van der Waals surface area contributed by atoms with Crippen molar-refractivity contribution in [2.45, 2.75) is 56.5 Å². The summed E-state index contributed by atoms with van der Waals surface area (Å²) >= 11 is 0. The van der Waals surface area contributed by atoms with Gasteiger partial charge in [0.05, 0.1) is 5.60 Å². The van der Waals surface area contributed by atoms with Crippen LogP contribution in [0.5, 0.6) is 0 Å². The topological polar surface area (TPSA) is 22.1 Å². The molecule has 2 nitrogen and oxygen atoms in total. The maximum atomic E-state index is 6.27. The van der Waals surface area contributed by atoms with Gasteiger partial charge in [-0.2, -0.15) is 0 Å². The van der Waals surface area contributed by atoms with Crippen LogP contribution in [0.4, 0.5) is 0 Å². The Bertz CT molecular complexity index is 455. The lowest BCUT2D eigenvalue weighted by molar-refractivity contribution is -0.169. The predicted molar refractivity (Wildman–Crippen MR) is 75.0 cm³/mol. The standard InChI is InChI=1S/C17H23NO/c1-2-19-17-9-13-6-14(10-17)8-16(7-13,12-17)15-4-3-5-18-11-15/h3-5,11,13-14H,2,6-10,12H2,1H3. The van der Waals surface area contributed by atoms with Crippen molar-refractivity contribution in [1.29, 1.82) is 0 Å². The molecule has 0 spiro atoms. The smallest absolute Gasteiger partial charge is 0.0696 e. The van der Waals surface area contributed by atoms with Crippen LogP contribution in [0.3, 0.4) is 0 Å². The van der Waals surface area contributed by atoms with Gasteiger partial charge in [-0.15, -0.1) is 0 Å². The highest BCUT2D eigenvalue weighted by molar-refractivity contribution is 5.28. The fraction of sp³-hybridized carbons (Fsp3) is 0.706. The maximum absolute atomic E-state index is 6.27. The van der Waals surface area contributed by atoms with Gasteiger partial charge in [0.1, 0.15) is 0 Å². The molecule has 4 fully saturated rings. The number of hydrogen-bond donors (Lipinski definition) is 0.